The Morgan fingerprint density at radius 3 is 2.84 bits per heavy atom. The fourth-order valence-electron chi connectivity index (χ4n) is 2.61. The van der Waals surface area contributed by atoms with Crippen molar-refractivity contribution in [3.63, 3.8) is 0 Å². The summed E-state index contributed by atoms with van der Waals surface area (Å²) in [4.78, 5) is 16.7. The number of ether oxygens (including phenoxy) is 1. The molecule has 2 aromatic heterocycles. The lowest BCUT2D eigenvalue weighted by molar-refractivity contribution is 0.0934. The summed E-state index contributed by atoms with van der Waals surface area (Å²) in [5.74, 6) is 1.64. The summed E-state index contributed by atoms with van der Waals surface area (Å²) in [6, 6.07) is 11.1. The van der Waals surface area contributed by atoms with E-state index in [-0.39, 0.29) is 17.6 Å². The van der Waals surface area contributed by atoms with Crippen LogP contribution in [0.3, 0.4) is 0 Å². The molecule has 25 heavy (non-hydrogen) atoms. The molecule has 0 saturated heterocycles. The van der Waals surface area contributed by atoms with Crippen molar-refractivity contribution in [1.29, 1.82) is 0 Å². The van der Waals surface area contributed by atoms with Crippen LogP contribution in [0.5, 0.6) is 5.75 Å². The molecule has 6 heteroatoms. The van der Waals surface area contributed by atoms with Gasteiger partial charge in [0.25, 0.3) is 5.91 Å². The molecule has 0 saturated carbocycles. The van der Waals surface area contributed by atoms with E-state index in [0.29, 0.717) is 17.1 Å². The molecule has 6 nitrogen and oxygen atoms in total. The molecule has 1 atom stereocenters. The first-order valence-corrected chi connectivity index (χ1v) is 8.09. The molecule has 0 aliphatic carbocycles. The minimum atomic E-state index is -0.276. The molecular weight excluding hydrogens is 320 g/mol. The van der Waals surface area contributed by atoms with Gasteiger partial charge in [-0.05, 0) is 37.6 Å². The lowest BCUT2D eigenvalue weighted by atomic mass is 10.1. The Labute approximate surface area is 145 Å². The fourth-order valence-corrected chi connectivity index (χ4v) is 2.61. The fraction of sp³-hybridized carbons (Fsp3) is 0.263. The maximum absolute atomic E-state index is 12.6. The van der Waals surface area contributed by atoms with Crippen molar-refractivity contribution in [1.82, 2.24) is 10.3 Å². The van der Waals surface area contributed by atoms with Crippen LogP contribution in [-0.4, -0.2) is 24.0 Å². The Morgan fingerprint density at radius 2 is 2.08 bits per heavy atom. The van der Waals surface area contributed by atoms with Gasteiger partial charge < -0.3 is 18.9 Å². The lowest BCUT2D eigenvalue weighted by Gasteiger charge is -2.13. The summed E-state index contributed by atoms with van der Waals surface area (Å²) < 4.78 is 16.1. The number of hydrogen-bond acceptors (Lipinski definition) is 5. The van der Waals surface area contributed by atoms with Crippen LogP contribution in [0.15, 0.2) is 57.9 Å². The normalized spacial score (nSPS) is 11.9. The SMILES string of the molecule is COc1ccccc1-c1ocnc1C(=O)NC(C)CCc1ccco1. The number of para-hydroxylation sites is 1. The number of amides is 1. The van der Waals surface area contributed by atoms with Gasteiger partial charge in [-0.2, -0.15) is 0 Å². The maximum atomic E-state index is 12.6. The van der Waals surface area contributed by atoms with Crippen LogP contribution in [0.25, 0.3) is 11.3 Å². The number of carbonyl (C=O) groups excluding carboxylic acids is 1. The molecular formula is C19H20N2O4. The predicted octanol–water partition coefficient (Wildman–Crippen LogP) is 3.69. The van der Waals surface area contributed by atoms with E-state index in [9.17, 15) is 4.79 Å². The third-order valence-corrected chi connectivity index (χ3v) is 3.92. The molecule has 2 heterocycles. The topological polar surface area (TPSA) is 77.5 Å². The summed E-state index contributed by atoms with van der Waals surface area (Å²) in [5, 5.41) is 2.95. The first-order valence-electron chi connectivity index (χ1n) is 8.09. The minimum Gasteiger partial charge on any atom is -0.496 e. The van der Waals surface area contributed by atoms with Gasteiger partial charge in [-0.15, -0.1) is 0 Å². The molecule has 3 aromatic rings. The van der Waals surface area contributed by atoms with Crippen LogP contribution >= 0.6 is 0 Å². The molecule has 130 valence electrons. The number of aromatic nitrogens is 1. The van der Waals surface area contributed by atoms with Crippen molar-refractivity contribution in [2.24, 2.45) is 0 Å². The average Bonchev–Trinajstić information content (AvgIpc) is 3.31. The van der Waals surface area contributed by atoms with Gasteiger partial charge >= 0.3 is 0 Å². The molecule has 0 fully saturated rings. The van der Waals surface area contributed by atoms with Crippen molar-refractivity contribution < 1.29 is 18.4 Å². The van der Waals surface area contributed by atoms with Gasteiger partial charge in [-0.25, -0.2) is 4.98 Å². The van der Waals surface area contributed by atoms with Crippen LogP contribution in [0.1, 0.15) is 29.6 Å². The Hall–Kier alpha value is -3.02. The second-order valence-electron chi connectivity index (χ2n) is 5.72. The first-order chi connectivity index (χ1) is 12.2. The molecule has 0 radical (unpaired) electrons. The Balaban J connectivity index is 1.70. The van der Waals surface area contributed by atoms with Crippen LogP contribution < -0.4 is 10.1 Å². The lowest BCUT2D eigenvalue weighted by Crippen LogP contribution is -2.33. The van der Waals surface area contributed by atoms with E-state index < -0.39 is 0 Å². The number of methoxy groups -OCH3 is 1. The first kappa shape index (κ1) is 16.8. The predicted molar refractivity (Wildman–Crippen MR) is 92.4 cm³/mol. The summed E-state index contributed by atoms with van der Waals surface area (Å²) in [7, 11) is 1.58. The number of benzene rings is 1. The molecule has 1 aromatic carbocycles. The molecule has 3 rings (SSSR count). The third-order valence-electron chi connectivity index (χ3n) is 3.92. The number of rotatable bonds is 7. The van der Waals surface area contributed by atoms with Crippen LogP contribution in [-0.2, 0) is 6.42 Å². The minimum absolute atomic E-state index is 0.0279. The molecule has 0 aliphatic rings. The van der Waals surface area contributed by atoms with Crippen molar-refractivity contribution in [3.05, 3.63) is 60.5 Å². The van der Waals surface area contributed by atoms with Crippen molar-refractivity contribution in [2.45, 2.75) is 25.8 Å². The van der Waals surface area contributed by atoms with E-state index in [1.165, 1.54) is 6.39 Å². The third kappa shape index (κ3) is 3.91. The summed E-state index contributed by atoms with van der Waals surface area (Å²) in [6.45, 7) is 1.95. The number of nitrogens with one attached hydrogen (secondary N) is 1. The number of carbonyl (C=O) groups is 1. The molecule has 0 spiro atoms. The van der Waals surface area contributed by atoms with E-state index in [0.717, 1.165) is 18.6 Å². The van der Waals surface area contributed by atoms with E-state index in [4.69, 9.17) is 13.6 Å². The quantitative estimate of drug-likeness (QED) is 0.710. The highest BCUT2D eigenvalue weighted by atomic mass is 16.5. The van der Waals surface area contributed by atoms with E-state index >= 15 is 0 Å². The maximum Gasteiger partial charge on any atom is 0.274 e. The van der Waals surface area contributed by atoms with E-state index in [1.54, 1.807) is 13.4 Å². The number of furan rings is 1. The summed E-state index contributed by atoms with van der Waals surface area (Å²) in [5.41, 5.74) is 0.935. The van der Waals surface area contributed by atoms with Crippen LogP contribution in [0, 0.1) is 0 Å². The zero-order valence-electron chi connectivity index (χ0n) is 14.2. The largest absolute Gasteiger partial charge is 0.496 e. The highest BCUT2D eigenvalue weighted by molar-refractivity contribution is 5.98. The Bertz CT molecular complexity index is 824. The number of oxazole rings is 1. The Morgan fingerprint density at radius 1 is 1.24 bits per heavy atom. The van der Waals surface area contributed by atoms with E-state index in [1.807, 2.05) is 43.3 Å². The van der Waals surface area contributed by atoms with Crippen molar-refractivity contribution in [2.75, 3.05) is 7.11 Å². The zero-order chi connectivity index (χ0) is 17.6. The standard InChI is InChI=1S/C19H20N2O4/c1-13(9-10-14-6-5-11-24-14)21-19(22)17-18(25-12-20-17)15-7-3-4-8-16(15)23-2/h3-8,11-13H,9-10H2,1-2H3,(H,21,22). The van der Waals surface area contributed by atoms with Gasteiger partial charge in [0.1, 0.15) is 11.5 Å². The van der Waals surface area contributed by atoms with Gasteiger partial charge in [0.2, 0.25) is 0 Å². The van der Waals surface area contributed by atoms with Gasteiger partial charge in [0.15, 0.2) is 17.8 Å². The zero-order valence-corrected chi connectivity index (χ0v) is 14.2. The monoisotopic (exact) mass is 340 g/mol. The van der Waals surface area contributed by atoms with Crippen molar-refractivity contribution in [3.8, 4) is 17.1 Å². The van der Waals surface area contributed by atoms with Gasteiger partial charge in [0, 0.05) is 12.5 Å². The molecule has 1 amide bonds. The summed E-state index contributed by atoms with van der Waals surface area (Å²) in [6.07, 6.45) is 4.44. The highest BCUT2D eigenvalue weighted by Crippen LogP contribution is 2.31. The number of hydrogen-bond donors (Lipinski definition) is 1. The average molecular weight is 340 g/mol. The van der Waals surface area contributed by atoms with Crippen LogP contribution in [0.2, 0.25) is 0 Å². The highest BCUT2D eigenvalue weighted by Gasteiger charge is 2.22. The molecule has 1 N–H and O–H groups in total. The van der Waals surface area contributed by atoms with Gasteiger partial charge in [-0.1, -0.05) is 12.1 Å². The molecule has 0 bridgehead atoms. The number of nitrogens with zero attached hydrogens (tertiary/aromatic N) is 1. The van der Waals surface area contributed by atoms with Crippen LogP contribution in [0.4, 0.5) is 0 Å². The second-order valence-corrected chi connectivity index (χ2v) is 5.72. The Kier molecular flexibility index (Phi) is 5.18. The van der Waals surface area contributed by atoms with E-state index in [2.05, 4.69) is 10.3 Å². The van der Waals surface area contributed by atoms with Gasteiger partial charge in [-0.3, -0.25) is 4.79 Å². The molecule has 0 aliphatic heterocycles. The van der Waals surface area contributed by atoms with Gasteiger partial charge in [0.05, 0.1) is 18.9 Å². The smallest absolute Gasteiger partial charge is 0.274 e. The van der Waals surface area contributed by atoms with Crippen molar-refractivity contribution >= 4 is 5.91 Å². The number of aryl methyl sites for hydroxylation is 1. The molecule has 1 unspecified atom stereocenters. The second kappa shape index (κ2) is 7.70. The summed E-state index contributed by atoms with van der Waals surface area (Å²) >= 11 is 0.